The molecule has 0 saturated carbocycles. The molecule has 2 N–H and O–H groups in total. The molecule has 3 nitrogen and oxygen atoms in total. The second-order valence-corrected chi connectivity index (χ2v) is 5.67. The third-order valence-corrected chi connectivity index (χ3v) is 4.15. The number of nitrogens with zero attached hydrogens (tertiary/aromatic N) is 1. The molecule has 0 heterocycles. The molecule has 21 heavy (non-hydrogen) atoms. The second-order valence-electron chi connectivity index (χ2n) is 4.86. The van der Waals surface area contributed by atoms with Gasteiger partial charge >= 0.3 is 0 Å². The van der Waals surface area contributed by atoms with Crippen LogP contribution in [-0.2, 0) is 0 Å². The van der Waals surface area contributed by atoms with Crippen LogP contribution in [0.5, 0.6) is 0 Å². The van der Waals surface area contributed by atoms with E-state index in [0.717, 1.165) is 5.56 Å². The van der Waals surface area contributed by atoms with Gasteiger partial charge < -0.3 is 10.6 Å². The van der Waals surface area contributed by atoms with Crippen LogP contribution >= 0.6 is 23.2 Å². The Labute approximate surface area is 134 Å². The van der Waals surface area contributed by atoms with E-state index in [-0.39, 0.29) is 17.0 Å². The fourth-order valence-electron chi connectivity index (χ4n) is 2.07. The highest BCUT2D eigenvalue weighted by Gasteiger charge is 2.21. The molecule has 0 saturated heterocycles. The summed E-state index contributed by atoms with van der Waals surface area (Å²) < 4.78 is 0. The van der Waals surface area contributed by atoms with Crippen LogP contribution in [-0.4, -0.2) is 17.9 Å². The molecule has 1 amide bonds. The van der Waals surface area contributed by atoms with Gasteiger partial charge in [-0.15, -0.1) is 0 Å². The molecular formula is C16H16Cl2N2O. The normalized spacial score (nSPS) is 12.0. The molecule has 0 aliphatic heterocycles. The van der Waals surface area contributed by atoms with Gasteiger partial charge in [0.05, 0.1) is 22.3 Å². The van der Waals surface area contributed by atoms with E-state index in [4.69, 9.17) is 28.9 Å². The van der Waals surface area contributed by atoms with Crippen molar-refractivity contribution in [2.45, 2.75) is 13.0 Å². The van der Waals surface area contributed by atoms with Gasteiger partial charge in [0, 0.05) is 12.1 Å². The van der Waals surface area contributed by atoms with Crippen molar-refractivity contribution in [2.24, 2.45) is 0 Å². The average molecular weight is 323 g/mol. The lowest BCUT2D eigenvalue weighted by atomic mass is 10.1. The Morgan fingerprint density at radius 1 is 1.19 bits per heavy atom. The van der Waals surface area contributed by atoms with Crippen LogP contribution in [0.2, 0.25) is 10.0 Å². The summed E-state index contributed by atoms with van der Waals surface area (Å²) >= 11 is 12.1. The van der Waals surface area contributed by atoms with Gasteiger partial charge in [0.2, 0.25) is 0 Å². The first-order valence-corrected chi connectivity index (χ1v) is 7.24. The van der Waals surface area contributed by atoms with Crippen LogP contribution in [0.15, 0.2) is 42.5 Å². The highest BCUT2D eigenvalue weighted by Crippen LogP contribution is 2.28. The molecule has 2 aromatic rings. The molecule has 0 aromatic heterocycles. The quantitative estimate of drug-likeness (QED) is 0.851. The SMILES string of the molecule is CC(c1cccc(Cl)c1)N(C)C(=O)c1cccc(N)c1Cl. The molecule has 0 radical (unpaired) electrons. The third kappa shape index (κ3) is 3.31. The number of amides is 1. The Morgan fingerprint density at radius 2 is 1.86 bits per heavy atom. The number of anilines is 1. The van der Waals surface area contributed by atoms with E-state index in [1.54, 1.807) is 36.2 Å². The summed E-state index contributed by atoms with van der Waals surface area (Å²) in [6.07, 6.45) is 0. The van der Waals surface area contributed by atoms with Gasteiger partial charge in [-0.3, -0.25) is 4.79 Å². The Hall–Kier alpha value is -1.71. The molecule has 0 aliphatic rings. The molecule has 0 fully saturated rings. The minimum absolute atomic E-state index is 0.131. The van der Waals surface area contributed by atoms with Crippen LogP contribution in [0.25, 0.3) is 0 Å². The zero-order valence-corrected chi connectivity index (χ0v) is 13.3. The van der Waals surface area contributed by atoms with Crippen molar-refractivity contribution < 1.29 is 4.79 Å². The van der Waals surface area contributed by atoms with E-state index in [1.165, 1.54) is 0 Å². The molecule has 2 rings (SSSR count). The summed E-state index contributed by atoms with van der Waals surface area (Å²) in [6, 6.07) is 12.4. The van der Waals surface area contributed by atoms with Gasteiger partial charge in [0.25, 0.3) is 5.91 Å². The van der Waals surface area contributed by atoms with E-state index >= 15 is 0 Å². The smallest absolute Gasteiger partial charge is 0.255 e. The fraction of sp³-hybridized carbons (Fsp3) is 0.188. The number of hydrogen-bond acceptors (Lipinski definition) is 2. The maximum Gasteiger partial charge on any atom is 0.255 e. The maximum absolute atomic E-state index is 12.6. The Kier molecular flexibility index (Phi) is 4.76. The molecule has 110 valence electrons. The predicted molar refractivity (Wildman–Crippen MR) is 87.8 cm³/mol. The minimum atomic E-state index is -0.181. The van der Waals surface area contributed by atoms with Crippen molar-refractivity contribution in [3.8, 4) is 0 Å². The lowest BCUT2D eigenvalue weighted by molar-refractivity contribution is 0.0743. The molecule has 2 aromatic carbocycles. The maximum atomic E-state index is 12.6. The van der Waals surface area contributed by atoms with Gasteiger partial charge in [-0.05, 0) is 36.8 Å². The number of carbonyl (C=O) groups is 1. The van der Waals surface area contributed by atoms with E-state index in [1.807, 2.05) is 25.1 Å². The number of rotatable bonds is 3. The van der Waals surface area contributed by atoms with Crippen molar-refractivity contribution in [3.05, 3.63) is 63.6 Å². The van der Waals surface area contributed by atoms with Crippen molar-refractivity contribution in [1.29, 1.82) is 0 Å². The first kappa shape index (κ1) is 15.7. The lowest BCUT2D eigenvalue weighted by Crippen LogP contribution is -2.30. The largest absolute Gasteiger partial charge is 0.398 e. The summed E-state index contributed by atoms with van der Waals surface area (Å²) in [6.45, 7) is 1.93. The highest BCUT2D eigenvalue weighted by molar-refractivity contribution is 6.36. The summed E-state index contributed by atoms with van der Waals surface area (Å²) in [5, 5.41) is 0.926. The number of benzene rings is 2. The highest BCUT2D eigenvalue weighted by atomic mass is 35.5. The zero-order chi connectivity index (χ0) is 15.6. The van der Waals surface area contributed by atoms with Crippen LogP contribution in [0, 0.1) is 0 Å². The molecule has 0 spiro atoms. The van der Waals surface area contributed by atoms with E-state index in [2.05, 4.69) is 0 Å². The predicted octanol–water partition coefficient (Wildman–Crippen LogP) is 4.41. The van der Waals surface area contributed by atoms with E-state index in [9.17, 15) is 4.79 Å². The van der Waals surface area contributed by atoms with Crippen LogP contribution in [0.1, 0.15) is 28.9 Å². The van der Waals surface area contributed by atoms with Crippen molar-refractivity contribution in [2.75, 3.05) is 12.8 Å². The number of hydrogen-bond donors (Lipinski definition) is 1. The average Bonchev–Trinajstić information content (AvgIpc) is 2.48. The van der Waals surface area contributed by atoms with E-state index < -0.39 is 0 Å². The summed E-state index contributed by atoms with van der Waals surface area (Å²) in [5.74, 6) is -0.181. The van der Waals surface area contributed by atoms with Gasteiger partial charge in [0.1, 0.15) is 0 Å². The standard InChI is InChI=1S/C16H16Cl2N2O/c1-10(11-5-3-6-12(17)9-11)20(2)16(21)13-7-4-8-14(19)15(13)18/h3-10H,19H2,1-2H3. The topological polar surface area (TPSA) is 46.3 Å². The molecule has 5 heteroatoms. The van der Waals surface area contributed by atoms with Gasteiger partial charge in [0.15, 0.2) is 0 Å². The van der Waals surface area contributed by atoms with Crippen molar-refractivity contribution >= 4 is 34.8 Å². The Balaban J connectivity index is 2.29. The number of nitrogen functional groups attached to an aromatic ring is 1. The third-order valence-electron chi connectivity index (χ3n) is 3.49. The van der Waals surface area contributed by atoms with Gasteiger partial charge in [-0.2, -0.15) is 0 Å². The molecule has 0 aliphatic carbocycles. The lowest BCUT2D eigenvalue weighted by Gasteiger charge is -2.26. The zero-order valence-electron chi connectivity index (χ0n) is 11.8. The van der Waals surface area contributed by atoms with Crippen LogP contribution in [0.3, 0.4) is 0 Å². The van der Waals surface area contributed by atoms with E-state index in [0.29, 0.717) is 16.3 Å². The summed E-state index contributed by atoms with van der Waals surface area (Å²) in [7, 11) is 1.73. The Bertz CT molecular complexity index is 673. The van der Waals surface area contributed by atoms with Crippen LogP contribution in [0.4, 0.5) is 5.69 Å². The first-order chi connectivity index (χ1) is 9.91. The van der Waals surface area contributed by atoms with Gasteiger partial charge in [-0.25, -0.2) is 0 Å². The molecular weight excluding hydrogens is 307 g/mol. The second kappa shape index (κ2) is 6.37. The Morgan fingerprint density at radius 3 is 2.52 bits per heavy atom. The van der Waals surface area contributed by atoms with Crippen LogP contribution < -0.4 is 5.73 Å². The minimum Gasteiger partial charge on any atom is -0.398 e. The molecule has 1 unspecified atom stereocenters. The van der Waals surface area contributed by atoms with Crippen molar-refractivity contribution in [1.82, 2.24) is 4.90 Å². The molecule has 0 bridgehead atoms. The first-order valence-electron chi connectivity index (χ1n) is 6.48. The monoisotopic (exact) mass is 322 g/mol. The summed E-state index contributed by atoms with van der Waals surface area (Å²) in [5.41, 5.74) is 7.49. The molecule has 1 atom stereocenters. The summed E-state index contributed by atoms with van der Waals surface area (Å²) in [4.78, 5) is 14.2. The van der Waals surface area contributed by atoms with Crippen molar-refractivity contribution in [3.63, 3.8) is 0 Å². The van der Waals surface area contributed by atoms with Gasteiger partial charge in [-0.1, -0.05) is 41.4 Å². The number of carbonyl (C=O) groups excluding carboxylic acids is 1. The number of halogens is 2. The number of nitrogens with two attached hydrogens (primary N) is 1. The fourth-order valence-corrected chi connectivity index (χ4v) is 2.48.